The van der Waals surface area contributed by atoms with Crippen LogP contribution < -0.4 is 5.32 Å². The van der Waals surface area contributed by atoms with Crippen LogP contribution in [0.5, 0.6) is 0 Å². The fourth-order valence-corrected chi connectivity index (χ4v) is 1.88. The van der Waals surface area contributed by atoms with Crippen molar-refractivity contribution < 1.29 is 14.8 Å². The van der Waals surface area contributed by atoms with E-state index in [9.17, 15) is 14.9 Å². The lowest BCUT2D eigenvalue weighted by molar-refractivity contribution is -0.385. The Bertz CT molecular complexity index is 728. The maximum absolute atomic E-state index is 11.1. The first kappa shape index (κ1) is 14.4. The monoisotopic (exact) mass is 287 g/mol. The molecule has 2 rings (SSSR count). The fourth-order valence-electron chi connectivity index (χ4n) is 1.88. The van der Waals surface area contributed by atoms with Gasteiger partial charge < -0.3 is 10.4 Å². The van der Waals surface area contributed by atoms with E-state index in [2.05, 4.69) is 10.3 Å². The standard InChI is InChI=1S/C14H13N3O4/c1-8-3-4-15-7-12(8)16-11-5-10(14(18)19)6-13(9(11)2)17(20)21/h3-7,16H,1-2H3,(H,18,19). The Hall–Kier alpha value is -2.96. The van der Waals surface area contributed by atoms with Crippen LogP contribution in [-0.2, 0) is 0 Å². The fraction of sp³-hybridized carbons (Fsp3) is 0.143. The lowest BCUT2D eigenvalue weighted by Crippen LogP contribution is -2.04. The number of rotatable bonds is 4. The molecule has 0 spiro atoms. The Kier molecular flexibility index (Phi) is 3.84. The predicted molar refractivity (Wildman–Crippen MR) is 77.0 cm³/mol. The number of anilines is 2. The van der Waals surface area contributed by atoms with Crippen molar-refractivity contribution in [2.24, 2.45) is 0 Å². The van der Waals surface area contributed by atoms with Crippen LogP contribution in [0.3, 0.4) is 0 Å². The van der Waals surface area contributed by atoms with Crippen molar-refractivity contribution in [3.05, 3.63) is 57.4 Å². The number of benzene rings is 1. The van der Waals surface area contributed by atoms with Gasteiger partial charge in [-0.3, -0.25) is 15.1 Å². The van der Waals surface area contributed by atoms with Crippen LogP contribution in [0.1, 0.15) is 21.5 Å². The minimum atomic E-state index is -1.22. The molecule has 7 heteroatoms. The molecule has 0 fully saturated rings. The van der Waals surface area contributed by atoms with Gasteiger partial charge in [-0.15, -0.1) is 0 Å². The summed E-state index contributed by atoms with van der Waals surface area (Å²) in [6.07, 6.45) is 3.21. The van der Waals surface area contributed by atoms with E-state index in [0.29, 0.717) is 16.9 Å². The predicted octanol–water partition coefficient (Wildman–Crippen LogP) is 3.05. The first-order chi connectivity index (χ1) is 9.90. The molecule has 0 aliphatic rings. The van der Waals surface area contributed by atoms with Gasteiger partial charge in [0.1, 0.15) is 0 Å². The van der Waals surface area contributed by atoms with Crippen molar-refractivity contribution in [1.82, 2.24) is 4.98 Å². The van der Waals surface area contributed by atoms with E-state index < -0.39 is 10.9 Å². The summed E-state index contributed by atoms with van der Waals surface area (Å²) in [5.74, 6) is -1.22. The zero-order valence-corrected chi connectivity index (χ0v) is 11.5. The Morgan fingerprint density at radius 1 is 1.33 bits per heavy atom. The highest BCUT2D eigenvalue weighted by Gasteiger charge is 2.19. The zero-order valence-electron chi connectivity index (χ0n) is 11.5. The maximum atomic E-state index is 11.1. The molecule has 0 amide bonds. The van der Waals surface area contributed by atoms with E-state index in [-0.39, 0.29) is 11.3 Å². The smallest absolute Gasteiger partial charge is 0.336 e. The molecule has 2 aromatic rings. The molecule has 108 valence electrons. The Morgan fingerprint density at radius 2 is 2.05 bits per heavy atom. The molecule has 7 nitrogen and oxygen atoms in total. The summed E-state index contributed by atoms with van der Waals surface area (Å²) in [6, 6.07) is 4.21. The van der Waals surface area contributed by atoms with Crippen molar-refractivity contribution in [2.75, 3.05) is 5.32 Å². The molecule has 0 atom stereocenters. The van der Waals surface area contributed by atoms with Gasteiger partial charge in [-0.25, -0.2) is 4.79 Å². The molecule has 21 heavy (non-hydrogen) atoms. The number of hydrogen-bond acceptors (Lipinski definition) is 5. The van der Waals surface area contributed by atoms with Crippen LogP contribution in [0, 0.1) is 24.0 Å². The molecule has 0 bridgehead atoms. The number of carbonyl (C=O) groups is 1. The molecule has 0 unspecified atom stereocenters. The third-order valence-electron chi connectivity index (χ3n) is 3.13. The van der Waals surface area contributed by atoms with E-state index in [0.717, 1.165) is 11.6 Å². The summed E-state index contributed by atoms with van der Waals surface area (Å²) in [6.45, 7) is 3.42. The van der Waals surface area contributed by atoms with Crippen molar-refractivity contribution in [3.8, 4) is 0 Å². The number of pyridine rings is 1. The largest absolute Gasteiger partial charge is 0.478 e. The van der Waals surface area contributed by atoms with Crippen LogP contribution in [0.4, 0.5) is 17.1 Å². The molecule has 0 saturated carbocycles. The molecular formula is C14H13N3O4. The average Bonchev–Trinajstić information content (AvgIpc) is 2.42. The minimum absolute atomic E-state index is 0.142. The summed E-state index contributed by atoms with van der Waals surface area (Å²) in [5, 5.41) is 23.1. The second-order valence-corrected chi connectivity index (χ2v) is 4.55. The highest BCUT2D eigenvalue weighted by molar-refractivity contribution is 5.91. The van der Waals surface area contributed by atoms with Gasteiger partial charge in [0.15, 0.2) is 0 Å². The summed E-state index contributed by atoms with van der Waals surface area (Å²) in [4.78, 5) is 25.5. The first-order valence-corrected chi connectivity index (χ1v) is 6.10. The SMILES string of the molecule is Cc1ccncc1Nc1cc(C(=O)O)cc([N+](=O)[O-])c1C. The van der Waals surface area contributed by atoms with E-state index in [4.69, 9.17) is 5.11 Å². The van der Waals surface area contributed by atoms with Gasteiger partial charge in [0.25, 0.3) is 5.69 Å². The first-order valence-electron chi connectivity index (χ1n) is 6.10. The second-order valence-electron chi connectivity index (χ2n) is 4.55. The summed E-state index contributed by atoms with van der Waals surface area (Å²) >= 11 is 0. The molecular weight excluding hydrogens is 274 g/mol. The highest BCUT2D eigenvalue weighted by atomic mass is 16.6. The van der Waals surface area contributed by atoms with Gasteiger partial charge >= 0.3 is 5.97 Å². The molecule has 1 aromatic heterocycles. The van der Waals surface area contributed by atoms with Gasteiger partial charge in [0.2, 0.25) is 0 Å². The van der Waals surface area contributed by atoms with Crippen molar-refractivity contribution in [1.29, 1.82) is 0 Å². The summed E-state index contributed by atoms with van der Waals surface area (Å²) < 4.78 is 0. The maximum Gasteiger partial charge on any atom is 0.336 e. The molecule has 0 aliphatic heterocycles. The minimum Gasteiger partial charge on any atom is -0.478 e. The number of nitro benzene ring substituents is 1. The number of nitrogens with zero attached hydrogens (tertiary/aromatic N) is 2. The quantitative estimate of drug-likeness (QED) is 0.661. The third kappa shape index (κ3) is 2.97. The van der Waals surface area contributed by atoms with Crippen molar-refractivity contribution in [3.63, 3.8) is 0 Å². The van der Waals surface area contributed by atoms with Gasteiger partial charge in [-0.1, -0.05) is 0 Å². The zero-order chi connectivity index (χ0) is 15.6. The average molecular weight is 287 g/mol. The number of aromatic nitrogens is 1. The lowest BCUT2D eigenvalue weighted by atomic mass is 10.1. The molecule has 2 N–H and O–H groups in total. The number of nitro groups is 1. The van der Waals surface area contributed by atoms with E-state index >= 15 is 0 Å². The Labute approximate surface area is 120 Å². The number of aromatic carboxylic acids is 1. The number of hydrogen-bond donors (Lipinski definition) is 2. The normalized spacial score (nSPS) is 10.2. The van der Waals surface area contributed by atoms with Crippen molar-refractivity contribution >= 4 is 23.0 Å². The molecule has 1 heterocycles. The van der Waals surface area contributed by atoms with Crippen LogP contribution >= 0.6 is 0 Å². The molecule has 0 saturated heterocycles. The van der Waals surface area contributed by atoms with Gasteiger partial charge in [-0.2, -0.15) is 0 Å². The van der Waals surface area contributed by atoms with Crippen LogP contribution in [0.25, 0.3) is 0 Å². The van der Waals surface area contributed by atoms with Gasteiger partial charge in [0, 0.05) is 18.0 Å². The molecule has 1 aromatic carbocycles. The number of carboxylic acid groups (broad SMARTS) is 1. The van der Waals surface area contributed by atoms with Gasteiger partial charge in [0.05, 0.1) is 27.9 Å². The number of nitrogens with one attached hydrogen (secondary N) is 1. The van der Waals surface area contributed by atoms with E-state index in [1.54, 1.807) is 25.4 Å². The Morgan fingerprint density at radius 3 is 2.62 bits per heavy atom. The van der Waals surface area contributed by atoms with Crippen LogP contribution in [-0.4, -0.2) is 21.0 Å². The summed E-state index contributed by atoms with van der Waals surface area (Å²) in [7, 11) is 0. The third-order valence-corrected chi connectivity index (χ3v) is 3.13. The van der Waals surface area contributed by atoms with Crippen molar-refractivity contribution in [2.45, 2.75) is 13.8 Å². The Balaban J connectivity index is 2.55. The van der Waals surface area contributed by atoms with Gasteiger partial charge in [-0.05, 0) is 31.5 Å². The van der Waals surface area contributed by atoms with Crippen LogP contribution in [0.15, 0.2) is 30.6 Å². The number of carboxylic acids is 1. The molecule has 0 radical (unpaired) electrons. The summed E-state index contributed by atoms with van der Waals surface area (Å²) in [5.41, 5.74) is 1.92. The lowest BCUT2D eigenvalue weighted by Gasteiger charge is -2.12. The second kappa shape index (κ2) is 5.58. The van der Waals surface area contributed by atoms with Crippen LogP contribution in [0.2, 0.25) is 0 Å². The number of aryl methyl sites for hydroxylation is 1. The topological polar surface area (TPSA) is 105 Å². The van der Waals surface area contributed by atoms with E-state index in [1.165, 1.54) is 6.07 Å². The highest BCUT2D eigenvalue weighted by Crippen LogP contribution is 2.30. The van der Waals surface area contributed by atoms with E-state index in [1.807, 2.05) is 6.92 Å². The molecule has 0 aliphatic carbocycles.